The summed E-state index contributed by atoms with van der Waals surface area (Å²) in [6.07, 6.45) is 5.77. The van der Waals surface area contributed by atoms with Crippen LogP contribution in [0.15, 0.2) is 36.4 Å². The fourth-order valence-electron chi connectivity index (χ4n) is 6.52. The van der Waals surface area contributed by atoms with Crippen LogP contribution in [0.3, 0.4) is 0 Å². The zero-order valence-corrected chi connectivity index (χ0v) is 23.7. The Bertz CT molecular complexity index is 1270. The van der Waals surface area contributed by atoms with E-state index in [4.69, 9.17) is 10.5 Å². The highest BCUT2D eigenvalue weighted by atomic mass is 19.1. The zero-order chi connectivity index (χ0) is 28.9. The van der Waals surface area contributed by atoms with E-state index in [2.05, 4.69) is 20.4 Å². The van der Waals surface area contributed by atoms with Crippen LogP contribution in [0.1, 0.15) is 66.8 Å². The number of nitrogens with zero attached hydrogens (tertiary/aromatic N) is 2. The number of anilines is 2. The van der Waals surface area contributed by atoms with Gasteiger partial charge in [-0.25, -0.2) is 4.39 Å². The van der Waals surface area contributed by atoms with Crippen LogP contribution >= 0.6 is 0 Å². The number of likely N-dealkylation sites (tertiary alicyclic amines) is 1. The standard InChI is InChI=1S/C31H40FN5O4/c1-41-27-4-2-3-23(30(33)39)29(27)21-12-15-36(16-13-21)14-9-20-10-17-37(18-11-20)26-7-5-22(19-24(26)32)34-25-6-8-28(38)35-31(25)40/h2-5,7,19-21,25,34H,6,8-18H2,1H3,(H2,33,39)(H,35,38,40). The monoisotopic (exact) mass is 565 g/mol. The Hall–Kier alpha value is -3.66. The molecule has 3 fully saturated rings. The van der Waals surface area contributed by atoms with Crippen molar-refractivity contribution in [1.29, 1.82) is 0 Å². The largest absolute Gasteiger partial charge is 0.496 e. The molecular formula is C31H40FN5O4. The molecule has 10 heteroatoms. The predicted molar refractivity (Wildman–Crippen MR) is 156 cm³/mol. The number of nitrogens with one attached hydrogen (secondary N) is 2. The third-order valence-electron chi connectivity index (χ3n) is 8.88. The van der Waals surface area contributed by atoms with Crippen LogP contribution in [0, 0.1) is 11.7 Å². The number of nitrogens with two attached hydrogens (primary N) is 1. The number of primary amides is 1. The minimum absolute atomic E-state index is 0.258. The molecule has 3 heterocycles. The number of piperidine rings is 3. The molecule has 0 saturated carbocycles. The Morgan fingerprint density at radius 1 is 1.07 bits per heavy atom. The summed E-state index contributed by atoms with van der Waals surface area (Å²) in [6.45, 7) is 4.62. The quantitative estimate of drug-likeness (QED) is 0.398. The van der Waals surface area contributed by atoms with Gasteiger partial charge in [0.05, 0.1) is 12.8 Å². The van der Waals surface area contributed by atoms with E-state index in [0.717, 1.165) is 76.1 Å². The average Bonchev–Trinajstić information content (AvgIpc) is 2.98. The molecule has 0 aromatic heterocycles. The summed E-state index contributed by atoms with van der Waals surface area (Å²) in [7, 11) is 1.63. The van der Waals surface area contributed by atoms with Crippen molar-refractivity contribution in [1.82, 2.24) is 10.2 Å². The normalized spacial score (nSPS) is 21.0. The van der Waals surface area contributed by atoms with Crippen molar-refractivity contribution >= 4 is 29.1 Å². The van der Waals surface area contributed by atoms with E-state index in [0.29, 0.717) is 29.3 Å². The summed E-state index contributed by atoms with van der Waals surface area (Å²) in [6, 6.07) is 9.99. The SMILES string of the molecule is COc1cccc(C(N)=O)c1C1CCN(CCC2CCN(c3ccc(NC4CCC(=O)NC4=O)cc3F)CC2)CC1. The topological polar surface area (TPSA) is 117 Å². The molecule has 3 amide bonds. The molecule has 2 aromatic rings. The Labute approximate surface area is 240 Å². The number of carbonyl (C=O) groups is 3. The fourth-order valence-corrected chi connectivity index (χ4v) is 6.52. The van der Waals surface area contributed by atoms with Gasteiger partial charge < -0.3 is 25.6 Å². The number of carbonyl (C=O) groups excluding carboxylic acids is 3. The minimum atomic E-state index is -0.534. The number of hydrogen-bond donors (Lipinski definition) is 3. The van der Waals surface area contributed by atoms with Crippen LogP contribution in [0.25, 0.3) is 0 Å². The molecule has 3 aliphatic heterocycles. The molecule has 4 N–H and O–H groups in total. The van der Waals surface area contributed by atoms with Crippen molar-refractivity contribution in [2.24, 2.45) is 11.7 Å². The van der Waals surface area contributed by atoms with E-state index in [9.17, 15) is 14.4 Å². The van der Waals surface area contributed by atoms with Crippen molar-refractivity contribution in [2.75, 3.05) is 50.1 Å². The second-order valence-corrected chi connectivity index (χ2v) is 11.4. The molecule has 9 nitrogen and oxygen atoms in total. The van der Waals surface area contributed by atoms with Crippen LogP contribution < -0.4 is 26.0 Å². The van der Waals surface area contributed by atoms with Crippen LogP contribution in [-0.2, 0) is 9.59 Å². The number of amides is 3. The molecule has 220 valence electrons. The maximum absolute atomic E-state index is 15.0. The highest BCUT2D eigenvalue weighted by molar-refractivity contribution is 6.01. The molecule has 0 aliphatic carbocycles. The number of ether oxygens (including phenoxy) is 1. The van der Waals surface area contributed by atoms with Crippen molar-refractivity contribution in [3.8, 4) is 5.75 Å². The van der Waals surface area contributed by atoms with Gasteiger partial charge >= 0.3 is 0 Å². The van der Waals surface area contributed by atoms with Crippen molar-refractivity contribution < 1.29 is 23.5 Å². The van der Waals surface area contributed by atoms with Gasteiger partial charge in [0.15, 0.2) is 0 Å². The van der Waals surface area contributed by atoms with Gasteiger partial charge in [-0.15, -0.1) is 0 Å². The van der Waals surface area contributed by atoms with Crippen LogP contribution in [0.5, 0.6) is 5.75 Å². The van der Waals surface area contributed by atoms with E-state index in [1.807, 2.05) is 12.1 Å². The number of rotatable bonds is 9. The molecule has 1 atom stereocenters. The molecular weight excluding hydrogens is 525 g/mol. The minimum Gasteiger partial charge on any atom is -0.496 e. The Morgan fingerprint density at radius 3 is 2.49 bits per heavy atom. The smallest absolute Gasteiger partial charge is 0.249 e. The van der Waals surface area contributed by atoms with E-state index in [1.165, 1.54) is 6.07 Å². The van der Waals surface area contributed by atoms with Gasteiger partial charge in [0.2, 0.25) is 17.7 Å². The summed E-state index contributed by atoms with van der Waals surface area (Å²) in [5, 5.41) is 5.36. The molecule has 5 rings (SSSR count). The average molecular weight is 566 g/mol. The zero-order valence-electron chi connectivity index (χ0n) is 23.7. The first kappa shape index (κ1) is 28.9. The maximum Gasteiger partial charge on any atom is 0.249 e. The first-order chi connectivity index (χ1) is 19.8. The number of imide groups is 1. The molecule has 0 bridgehead atoms. The fraction of sp³-hybridized carbons (Fsp3) is 0.516. The van der Waals surface area contributed by atoms with E-state index in [-0.39, 0.29) is 30.0 Å². The molecule has 3 saturated heterocycles. The molecule has 2 aromatic carbocycles. The lowest BCUT2D eigenvalue weighted by atomic mass is 9.85. The summed E-state index contributed by atoms with van der Waals surface area (Å²) in [5.41, 5.74) is 8.29. The Morgan fingerprint density at radius 2 is 1.83 bits per heavy atom. The predicted octanol–water partition coefficient (Wildman–Crippen LogP) is 3.64. The van der Waals surface area contributed by atoms with Gasteiger partial charge in [-0.2, -0.15) is 0 Å². The van der Waals surface area contributed by atoms with Crippen LogP contribution in [0.4, 0.5) is 15.8 Å². The van der Waals surface area contributed by atoms with Crippen molar-refractivity contribution in [2.45, 2.75) is 56.9 Å². The van der Waals surface area contributed by atoms with Crippen LogP contribution in [-0.4, -0.2) is 68.5 Å². The third kappa shape index (κ3) is 6.81. The van der Waals surface area contributed by atoms with Gasteiger partial charge in [0, 0.05) is 36.3 Å². The molecule has 0 spiro atoms. The summed E-state index contributed by atoms with van der Waals surface area (Å²) in [5.74, 6) is 0.246. The first-order valence-corrected chi connectivity index (χ1v) is 14.7. The second kappa shape index (κ2) is 12.9. The number of benzene rings is 2. The first-order valence-electron chi connectivity index (χ1n) is 14.7. The number of methoxy groups -OCH3 is 1. The second-order valence-electron chi connectivity index (χ2n) is 11.4. The Kier molecular flexibility index (Phi) is 9.07. The van der Waals surface area contributed by atoms with Gasteiger partial charge in [-0.3, -0.25) is 19.7 Å². The lowest BCUT2D eigenvalue weighted by molar-refractivity contribution is -0.133. The highest BCUT2D eigenvalue weighted by Crippen LogP contribution is 2.37. The van der Waals surface area contributed by atoms with Gasteiger partial charge in [0.1, 0.15) is 17.6 Å². The maximum atomic E-state index is 15.0. The lowest BCUT2D eigenvalue weighted by Crippen LogP contribution is -2.47. The third-order valence-corrected chi connectivity index (χ3v) is 8.88. The number of halogens is 1. The molecule has 41 heavy (non-hydrogen) atoms. The van der Waals surface area contributed by atoms with E-state index >= 15 is 4.39 Å². The van der Waals surface area contributed by atoms with E-state index in [1.54, 1.807) is 25.3 Å². The summed E-state index contributed by atoms with van der Waals surface area (Å²) < 4.78 is 20.6. The van der Waals surface area contributed by atoms with E-state index < -0.39 is 11.9 Å². The van der Waals surface area contributed by atoms with Crippen LogP contribution in [0.2, 0.25) is 0 Å². The van der Waals surface area contributed by atoms with Crippen molar-refractivity contribution in [3.05, 3.63) is 53.3 Å². The Balaban J connectivity index is 1.07. The molecule has 0 radical (unpaired) electrons. The highest BCUT2D eigenvalue weighted by Gasteiger charge is 2.29. The van der Waals surface area contributed by atoms with Gasteiger partial charge in [-0.1, -0.05) is 6.07 Å². The summed E-state index contributed by atoms with van der Waals surface area (Å²) >= 11 is 0. The summed E-state index contributed by atoms with van der Waals surface area (Å²) in [4.78, 5) is 40.0. The lowest BCUT2D eigenvalue weighted by Gasteiger charge is -2.36. The molecule has 1 unspecified atom stereocenters. The number of hydrogen-bond acceptors (Lipinski definition) is 7. The van der Waals surface area contributed by atoms with Gasteiger partial charge in [-0.05, 0) is 100 Å². The van der Waals surface area contributed by atoms with Gasteiger partial charge in [0.25, 0.3) is 0 Å². The van der Waals surface area contributed by atoms with Crippen molar-refractivity contribution in [3.63, 3.8) is 0 Å². The molecule has 3 aliphatic rings.